The molecule has 0 bridgehead atoms. The molecule has 0 aliphatic heterocycles. The summed E-state index contributed by atoms with van der Waals surface area (Å²) in [5, 5.41) is 0. The van der Waals surface area contributed by atoms with Crippen LogP contribution in [0.25, 0.3) is 0 Å². The van der Waals surface area contributed by atoms with Gasteiger partial charge in [0.25, 0.3) is 0 Å². The summed E-state index contributed by atoms with van der Waals surface area (Å²) < 4.78 is 10.8. The maximum absolute atomic E-state index is 10.8. The topological polar surface area (TPSA) is 37.3 Å². The van der Waals surface area contributed by atoms with Crippen LogP contribution in [0.4, 0.5) is 0 Å². The van der Waals surface area contributed by atoms with E-state index in [-0.39, 0.29) is 0 Å². The lowest BCUT2D eigenvalue weighted by Gasteiger charge is -1.95. The monoisotopic (exact) mass is 146 g/mol. The number of hydrogen-bond acceptors (Lipinski definition) is 1. The van der Waals surface area contributed by atoms with Gasteiger partial charge in [-0.1, -0.05) is 12.2 Å². The van der Waals surface area contributed by atoms with E-state index in [1.807, 2.05) is 0 Å². The van der Waals surface area contributed by atoms with Gasteiger partial charge in [0.05, 0.1) is 0 Å². The molecule has 0 atom stereocenters. The number of allylic oxidation sites excluding steroid dienone is 2. The molecule has 9 heavy (non-hydrogen) atoms. The van der Waals surface area contributed by atoms with E-state index in [2.05, 4.69) is 0 Å². The Morgan fingerprint density at radius 3 is 1.78 bits per heavy atom. The highest BCUT2D eigenvalue weighted by Gasteiger charge is 2.04. The Balaban J connectivity index is 4.21. The molecule has 0 rings (SSSR count). The first-order chi connectivity index (χ1) is 4.12. The Kier molecular flexibility index (Phi) is 3.52. The minimum absolute atomic E-state index is 1.30. The first-order valence-corrected chi connectivity index (χ1v) is 4.52. The summed E-state index contributed by atoms with van der Waals surface area (Å²) in [5.74, 6) is 2.60. The lowest BCUT2D eigenvalue weighted by Crippen LogP contribution is -1.64. The molecule has 0 aromatic heterocycles. The molecule has 3 heteroatoms. The molecule has 52 valence electrons. The first-order valence-electron chi connectivity index (χ1n) is 2.72. The Morgan fingerprint density at radius 1 is 1.22 bits per heavy atom. The molecule has 2 nitrogen and oxygen atoms in total. The van der Waals surface area contributed by atoms with Crippen molar-refractivity contribution in [3.05, 3.63) is 23.8 Å². The summed E-state index contributed by atoms with van der Waals surface area (Å²) in [6.07, 6.45) is 3.14. The molecule has 0 spiro atoms. The van der Waals surface area contributed by atoms with Crippen molar-refractivity contribution in [2.24, 2.45) is 0 Å². The van der Waals surface area contributed by atoms with Crippen LogP contribution in [0.3, 0.4) is 0 Å². The average Bonchev–Trinajstić information content (AvgIpc) is 1.64. The molecule has 0 saturated carbocycles. The van der Waals surface area contributed by atoms with Crippen LogP contribution in [0.15, 0.2) is 23.8 Å². The largest absolute Gasteiger partial charge is 0.339 e. The molecule has 0 heterocycles. The second kappa shape index (κ2) is 3.65. The second-order valence-electron chi connectivity index (χ2n) is 1.64. The van der Waals surface area contributed by atoms with Crippen molar-refractivity contribution in [2.75, 3.05) is 0 Å². The van der Waals surface area contributed by atoms with E-state index in [9.17, 15) is 4.57 Å². The van der Waals surface area contributed by atoms with E-state index in [1.54, 1.807) is 26.0 Å². The van der Waals surface area contributed by atoms with Gasteiger partial charge in [-0.25, -0.2) is 0 Å². The summed E-state index contributed by atoms with van der Waals surface area (Å²) in [6, 6.07) is 0. The third-order valence-electron chi connectivity index (χ3n) is 0.725. The van der Waals surface area contributed by atoms with E-state index in [0.29, 0.717) is 0 Å². The molecule has 0 saturated heterocycles. The van der Waals surface area contributed by atoms with E-state index >= 15 is 0 Å². The third kappa shape index (κ3) is 4.19. The van der Waals surface area contributed by atoms with Gasteiger partial charge in [0.1, 0.15) is 0 Å². The van der Waals surface area contributed by atoms with Crippen molar-refractivity contribution in [1.29, 1.82) is 0 Å². The van der Waals surface area contributed by atoms with Gasteiger partial charge in [0.2, 0.25) is 7.37 Å². The Labute approximate surface area is 55.4 Å². The fourth-order valence-corrected chi connectivity index (χ4v) is 1.43. The Morgan fingerprint density at radius 2 is 1.56 bits per heavy atom. The summed E-state index contributed by atoms with van der Waals surface area (Å²) >= 11 is 0. The highest BCUT2D eigenvalue weighted by atomic mass is 31.2. The van der Waals surface area contributed by atoms with Crippen LogP contribution >= 0.6 is 7.37 Å². The molecule has 0 aromatic carbocycles. The lowest BCUT2D eigenvalue weighted by atomic mass is 10.8. The fraction of sp³-hybridized carbons (Fsp3) is 0.333. The maximum Gasteiger partial charge on any atom is 0.244 e. The van der Waals surface area contributed by atoms with Crippen molar-refractivity contribution >= 4 is 7.37 Å². The molecule has 0 unspecified atom stereocenters. The first kappa shape index (κ1) is 8.67. The summed E-state index contributed by atoms with van der Waals surface area (Å²) in [4.78, 5) is 8.90. The van der Waals surface area contributed by atoms with Crippen LogP contribution in [0.5, 0.6) is 0 Å². The molecule has 0 aliphatic rings. The van der Waals surface area contributed by atoms with E-state index in [1.165, 1.54) is 11.6 Å². The minimum atomic E-state index is -3.05. The number of rotatable bonds is 2. The summed E-state index contributed by atoms with van der Waals surface area (Å²) in [5.41, 5.74) is 0. The zero-order chi connectivity index (χ0) is 7.33. The molecular weight excluding hydrogens is 135 g/mol. The predicted molar refractivity (Wildman–Crippen MR) is 39.5 cm³/mol. The van der Waals surface area contributed by atoms with Crippen LogP contribution in [0, 0.1) is 0 Å². The van der Waals surface area contributed by atoms with Crippen LogP contribution in [-0.4, -0.2) is 4.89 Å². The van der Waals surface area contributed by atoms with E-state index in [0.717, 1.165) is 0 Å². The van der Waals surface area contributed by atoms with Gasteiger partial charge in [-0.2, -0.15) is 0 Å². The molecule has 0 aromatic rings. The highest BCUT2D eigenvalue weighted by molar-refractivity contribution is 7.64. The van der Waals surface area contributed by atoms with E-state index in [4.69, 9.17) is 4.89 Å². The lowest BCUT2D eigenvalue weighted by molar-refractivity contribution is 0.499. The minimum Gasteiger partial charge on any atom is -0.339 e. The van der Waals surface area contributed by atoms with Gasteiger partial charge in [-0.05, 0) is 25.5 Å². The standard InChI is InChI=1S/C6H11O2P/c1-3-5-9(7,8)6-4-2/h3-6H,1-2H3,(H,7,8). The Hall–Kier alpha value is -0.330. The van der Waals surface area contributed by atoms with Crippen molar-refractivity contribution in [1.82, 2.24) is 0 Å². The molecular formula is C6H11O2P. The van der Waals surface area contributed by atoms with Crippen LogP contribution in [0.2, 0.25) is 0 Å². The van der Waals surface area contributed by atoms with Crippen molar-refractivity contribution in [3.8, 4) is 0 Å². The quantitative estimate of drug-likeness (QED) is 0.607. The maximum atomic E-state index is 10.8. The SMILES string of the molecule is CC=CP(=O)(O)C=CC. The summed E-state index contributed by atoms with van der Waals surface area (Å²) in [7, 11) is -3.05. The Bertz CT molecular complexity index is 154. The fourth-order valence-electron chi connectivity index (χ4n) is 0.477. The van der Waals surface area contributed by atoms with Crippen molar-refractivity contribution in [3.63, 3.8) is 0 Å². The smallest absolute Gasteiger partial charge is 0.244 e. The van der Waals surface area contributed by atoms with Gasteiger partial charge in [0.15, 0.2) is 0 Å². The van der Waals surface area contributed by atoms with Crippen LogP contribution < -0.4 is 0 Å². The molecule has 0 fully saturated rings. The zero-order valence-corrected chi connectivity index (χ0v) is 6.51. The highest BCUT2D eigenvalue weighted by Crippen LogP contribution is 2.43. The van der Waals surface area contributed by atoms with Crippen molar-refractivity contribution < 1.29 is 9.46 Å². The van der Waals surface area contributed by atoms with Gasteiger partial charge < -0.3 is 4.89 Å². The van der Waals surface area contributed by atoms with Gasteiger partial charge in [0, 0.05) is 0 Å². The zero-order valence-electron chi connectivity index (χ0n) is 5.61. The van der Waals surface area contributed by atoms with E-state index < -0.39 is 7.37 Å². The van der Waals surface area contributed by atoms with Gasteiger partial charge >= 0.3 is 0 Å². The van der Waals surface area contributed by atoms with Gasteiger partial charge in [-0.3, -0.25) is 4.57 Å². The molecule has 0 amide bonds. The molecule has 1 N–H and O–H groups in total. The van der Waals surface area contributed by atoms with Crippen molar-refractivity contribution in [2.45, 2.75) is 13.8 Å². The average molecular weight is 146 g/mol. The molecule has 0 aliphatic carbocycles. The normalized spacial score (nSPS) is 19.0. The van der Waals surface area contributed by atoms with Crippen LogP contribution in [-0.2, 0) is 4.57 Å². The second-order valence-corrected chi connectivity index (χ2v) is 3.58. The summed E-state index contributed by atoms with van der Waals surface area (Å²) in [6.45, 7) is 3.43. The predicted octanol–water partition coefficient (Wildman–Crippen LogP) is 2.32. The molecule has 0 radical (unpaired) electrons. The van der Waals surface area contributed by atoms with Gasteiger partial charge in [-0.15, -0.1) is 0 Å². The third-order valence-corrected chi connectivity index (χ3v) is 2.18. The number of hydrogen-bond donors (Lipinski definition) is 1. The van der Waals surface area contributed by atoms with Crippen LogP contribution in [0.1, 0.15) is 13.8 Å².